The van der Waals surface area contributed by atoms with Gasteiger partial charge in [-0.3, -0.25) is 9.78 Å². The maximum Gasteiger partial charge on any atom is 0.326 e. The second-order valence-electron chi connectivity index (χ2n) is 2.84. The van der Waals surface area contributed by atoms with Crippen molar-refractivity contribution in [3.63, 3.8) is 0 Å². The lowest BCUT2D eigenvalue weighted by atomic mass is 10.2. The number of rotatable bonds is 2. The van der Waals surface area contributed by atoms with E-state index in [9.17, 15) is 9.59 Å². The summed E-state index contributed by atoms with van der Waals surface area (Å²) in [5.74, 6) is 0.432. The summed E-state index contributed by atoms with van der Waals surface area (Å²) in [6.45, 7) is 0. The van der Waals surface area contributed by atoms with Gasteiger partial charge in [0.1, 0.15) is 16.7 Å². The molecule has 6 heteroatoms. The first-order valence-corrected chi connectivity index (χ1v) is 5.28. The number of hydrogen-bond donors (Lipinski definition) is 2. The minimum atomic E-state index is -0.525. The van der Waals surface area contributed by atoms with Crippen LogP contribution in [0.5, 0.6) is 5.75 Å². The van der Waals surface area contributed by atoms with Crippen molar-refractivity contribution in [2.45, 2.75) is 0 Å². The first-order chi connectivity index (χ1) is 7.22. The van der Waals surface area contributed by atoms with Gasteiger partial charge in [0.2, 0.25) is 0 Å². The predicted octanol–water partition coefficient (Wildman–Crippen LogP) is 0.948. The Balaban J connectivity index is 2.85. The third-order valence-corrected chi connectivity index (χ3v) is 2.17. The lowest BCUT2D eigenvalue weighted by molar-refractivity contribution is 0.402. The molecule has 1 aromatic heterocycles. The molecule has 78 valence electrons. The summed E-state index contributed by atoms with van der Waals surface area (Å²) in [5, 5.41) is 0.344. The highest BCUT2D eigenvalue weighted by molar-refractivity contribution is 9.09. The quantitative estimate of drug-likeness (QED) is 0.798. The lowest BCUT2D eigenvalue weighted by Crippen LogP contribution is -2.22. The van der Waals surface area contributed by atoms with Crippen LogP contribution in [0, 0.1) is 0 Å². The fourth-order valence-electron chi connectivity index (χ4n) is 1.37. The van der Waals surface area contributed by atoms with Gasteiger partial charge in [-0.2, -0.15) is 0 Å². The zero-order chi connectivity index (χ0) is 10.8. The van der Waals surface area contributed by atoms with Crippen molar-refractivity contribution >= 4 is 26.8 Å². The highest BCUT2D eigenvalue weighted by Crippen LogP contribution is 2.19. The molecule has 2 N–H and O–H groups in total. The minimum absolute atomic E-state index is 0.282. The Bertz CT molecular complexity index is 602. The van der Waals surface area contributed by atoms with Crippen LogP contribution in [0.1, 0.15) is 0 Å². The van der Waals surface area contributed by atoms with Gasteiger partial charge in [-0.05, 0) is 28.1 Å². The van der Waals surface area contributed by atoms with Crippen LogP contribution in [-0.4, -0.2) is 15.5 Å². The number of aromatic nitrogens is 2. The Morgan fingerprint density at radius 3 is 2.80 bits per heavy atom. The largest absolute Gasteiger partial charge is 0.482 e. The van der Waals surface area contributed by atoms with E-state index in [4.69, 9.17) is 4.74 Å². The number of ether oxygens (including phenoxy) is 1. The highest BCUT2D eigenvalue weighted by atomic mass is 79.9. The van der Waals surface area contributed by atoms with Crippen molar-refractivity contribution in [1.82, 2.24) is 9.97 Å². The van der Waals surface area contributed by atoms with Crippen LogP contribution in [0.4, 0.5) is 0 Å². The van der Waals surface area contributed by atoms with Crippen LogP contribution in [0.25, 0.3) is 10.9 Å². The summed E-state index contributed by atoms with van der Waals surface area (Å²) in [6, 6.07) is 5.01. The summed E-state index contributed by atoms with van der Waals surface area (Å²) >= 11 is 3.10. The van der Waals surface area contributed by atoms with Crippen LogP contribution in [0.15, 0.2) is 27.8 Å². The van der Waals surface area contributed by atoms with E-state index in [1.165, 1.54) is 0 Å². The molecule has 2 aromatic rings. The van der Waals surface area contributed by atoms with E-state index >= 15 is 0 Å². The highest BCUT2D eigenvalue weighted by Gasteiger charge is 2.06. The molecule has 0 radical (unpaired) electrons. The van der Waals surface area contributed by atoms with Crippen molar-refractivity contribution in [3.05, 3.63) is 39.0 Å². The second kappa shape index (κ2) is 3.90. The van der Waals surface area contributed by atoms with E-state index in [-0.39, 0.29) is 5.52 Å². The Kier molecular flexibility index (Phi) is 2.59. The molecule has 0 amide bonds. The number of hydrogen-bond acceptors (Lipinski definition) is 3. The molecule has 0 fully saturated rings. The number of alkyl halides is 1. The van der Waals surface area contributed by atoms with Crippen LogP contribution in [-0.2, 0) is 0 Å². The molecule has 0 bridgehead atoms. The van der Waals surface area contributed by atoms with Gasteiger partial charge in [-0.1, -0.05) is 6.07 Å². The van der Waals surface area contributed by atoms with Crippen LogP contribution >= 0.6 is 15.9 Å². The number of aromatic amines is 2. The van der Waals surface area contributed by atoms with Crippen molar-refractivity contribution in [2.24, 2.45) is 0 Å². The monoisotopic (exact) mass is 270 g/mol. The Labute approximate surface area is 92.2 Å². The number of halogens is 1. The fourth-order valence-corrected chi connectivity index (χ4v) is 1.61. The van der Waals surface area contributed by atoms with E-state index in [0.717, 1.165) is 0 Å². The summed E-state index contributed by atoms with van der Waals surface area (Å²) in [5.41, 5.74) is -0.235. The van der Waals surface area contributed by atoms with E-state index in [2.05, 4.69) is 25.9 Å². The number of benzene rings is 1. The van der Waals surface area contributed by atoms with Gasteiger partial charge in [0.05, 0.1) is 5.52 Å². The smallest absolute Gasteiger partial charge is 0.326 e. The molecule has 0 aliphatic carbocycles. The van der Waals surface area contributed by atoms with E-state index in [1.54, 1.807) is 18.2 Å². The minimum Gasteiger partial charge on any atom is -0.482 e. The molecule has 1 heterocycles. The van der Waals surface area contributed by atoms with Crippen LogP contribution in [0.2, 0.25) is 0 Å². The van der Waals surface area contributed by atoms with Gasteiger partial charge in [0.15, 0.2) is 0 Å². The number of H-pyrrole nitrogens is 2. The van der Waals surface area contributed by atoms with Crippen molar-refractivity contribution in [2.75, 3.05) is 5.52 Å². The van der Waals surface area contributed by atoms with E-state index in [1.807, 2.05) is 0 Å². The number of fused-ring (bicyclic) bond motifs is 1. The first kappa shape index (κ1) is 9.97. The lowest BCUT2D eigenvalue weighted by Gasteiger charge is -2.04. The van der Waals surface area contributed by atoms with E-state index in [0.29, 0.717) is 16.7 Å². The summed E-state index contributed by atoms with van der Waals surface area (Å²) < 4.78 is 5.21. The van der Waals surface area contributed by atoms with Gasteiger partial charge in [-0.25, -0.2) is 4.79 Å². The zero-order valence-electron chi connectivity index (χ0n) is 7.54. The first-order valence-electron chi connectivity index (χ1n) is 4.16. The van der Waals surface area contributed by atoms with Crippen LogP contribution in [0.3, 0.4) is 0 Å². The zero-order valence-corrected chi connectivity index (χ0v) is 9.13. The molecule has 0 saturated heterocycles. The topological polar surface area (TPSA) is 74.9 Å². The fraction of sp³-hybridized carbons (Fsp3) is 0.111. The molecule has 0 spiro atoms. The van der Waals surface area contributed by atoms with E-state index < -0.39 is 11.2 Å². The molecule has 0 unspecified atom stereocenters. The third kappa shape index (κ3) is 1.80. The number of nitrogens with one attached hydrogen (secondary N) is 2. The van der Waals surface area contributed by atoms with Crippen molar-refractivity contribution in [3.8, 4) is 5.75 Å². The van der Waals surface area contributed by atoms with Gasteiger partial charge in [-0.15, -0.1) is 0 Å². The molecule has 0 saturated carbocycles. The standard InChI is InChI=1S/C9H7BrN2O3/c10-4-15-6-3-1-2-5-7(6)8(13)12-9(14)11-5/h1-3H,4H2,(H2,11,12,13,14). The average molecular weight is 271 g/mol. The summed E-state index contributed by atoms with van der Waals surface area (Å²) in [7, 11) is 0. The molecule has 0 atom stereocenters. The maximum absolute atomic E-state index is 11.5. The SMILES string of the molecule is O=c1[nH]c(=O)c2c(OCBr)cccc2[nH]1. The summed E-state index contributed by atoms with van der Waals surface area (Å²) in [4.78, 5) is 27.2. The van der Waals surface area contributed by atoms with Gasteiger partial charge >= 0.3 is 5.69 Å². The second-order valence-corrected chi connectivity index (χ2v) is 3.30. The van der Waals surface area contributed by atoms with Crippen LogP contribution < -0.4 is 16.0 Å². The Hall–Kier alpha value is -1.56. The maximum atomic E-state index is 11.5. The van der Waals surface area contributed by atoms with Gasteiger partial charge < -0.3 is 9.72 Å². The van der Waals surface area contributed by atoms with Crippen molar-refractivity contribution < 1.29 is 4.74 Å². The molecule has 0 aliphatic heterocycles. The summed E-state index contributed by atoms with van der Waals surface area (Å²) in [6.07, 6.45) is 0. The van der Waals surface area contributed by atoms with Gasteiger partial charge in [0, 0.05) is 0 Å². The Morgan fingerprint density at radius 2 is 2.07 bits per heavy atom. The van der Waals surface area contributed by atoms with Gasteiger partial charge in [0.25, 0.3) is 5.56 Å². The predicted molar refractivity (Wildman–Crippen MR) is 59.6 cm³/mol. The average Bonchev–Trinajstić information content (AvgIpc) is 2.17. The molecule has 2 rings (SSSR count). The normalized spacial score (nSPS) is 10.5. The third-order valence-electron chi connectivity index (χ3n) is 1.94. The van der Waals surface area contributed by atoms with Crippen molar-refractivity contribution in [1.29, 1.82) is 0 Å². The Morgan fingerprint density at radius 1 is 1.27 bits per heavy atom. The molecule has 15 heavy (non-hydrogen) atoms. The molecular weight excluding hydrogens is 264 g/mol. The molecule has 1 aromatic carbocycles. The molecule has 0 aliphatic rings. The molecular formula is C9H7BrN2O3. The molecule has 5 nitrogen and oxygen atoms in total.